The molecule has 1 atom stereocenters. The van der Waals surface area contributed by atoms with E-state index in [1.54, 1.807) is 6.92 Å². The van der Waals surface area contributed by atoms with Gasteiger partial charge in [0.1, 0.15) is 6.04 Å². The number of nitrogens with one attached hydrogen (secondary N) is 2. The lowest BCUT2D eigenvalue weighted by Gasteiger charge is -2.27. The number of rotatable bonds is 7. The van der Waals surface area contributed by atoms with Crippen molar-refractivity contribution in [3.63, 3.8) is 0 Å². The third kappa shape index (κ3) is 6.04. The number of benzene rings is 3. The third-order valence-electron chi connectivity index (χ3n) is 5.69. The summed E-state index contributed by atoms with van der Waals surface area (Å²) >= 11 is 1.30. The third-order valence-corrected chi connectivity index (χ3v) is 6.58. The summed E-state index contributed by atoms with van der Waals surface area (Å²) < 4.78 is 5.43. The van der Waals surface area contributed by atoms with Crippen LogP contribution in [0.3, 0.4) is 0 Å². The summed E-state index contributed by atoms with van der Waals surface area (Å²) in [7, 11) is 0. The van der Waals surface area contributed by atoms with Crippen molar-refractivity contribution in [2.75, 3.05) is 17.7 Å². The summed E-state index contributed by atoms with van der Waals surface area (Å²) in [5.41, 5.74) is 5.74. The number of esters is 1. The highest BCUT2D eigenvalue weighted by atomic mass is 32.2. The Bertz CT molecular complexity index is 1300. The number of ether oxygens (including phenoxy) is 1. The summed E-state index contributed by atoms with van der Waals surface area (Å²) in [6.45, 7) is 6.04. The monoisotopic (exact) mass is 499 g/mol. The Kier molecular flexibility index (Phi) is 8.23. The van der Waals surface area contributed by atoms with Crippen LogP contribution in [0.15, 0.2) is 89.4 Å². The van der Waals surface area contributed by atoms with Gasteiger partial charge < -0.3 is 15.4 Å². The molecule has 184 valence electrons. The van der Waals surface area contributed by atoms with Gasteiger partial charge in [-0.15, -0.1) is 0 Å². The zero-order valence-electron chi connectivity index (χ0n) is 20.6. The van der Waals surface area contributed by atoms with Crippen molar-refractivity contribution in [2.24, 2.45) is 4.99 Å². The first-order valence-electron chi connectivity index (χ1n) is 11.8. The predicted molar refractivity (Wildman–Crippen MR) is 147 cm³/mol. The minimum Gasteiger partial charge on any atom is -0.463 e. The lowest BCUT2D eigenvalue weighted by atomic mass is 9.94. The van der Waals surface area contributed by atoms with Crippen LogP contribution in [0.5, 0.6) is 0 Å². The van der Waals surface area contributed by atoms with Crippen LogP contribution in [-0.2, 0) is 14.3 Å². The fourth-order valence-corrected chi connectivity index (χ4v) is 4.70. The molecule has 2 N–H and O–H groups in total. The fourth-order valence-electron chi connectivity index (χ4n) is 4.00. The van der Waals surface area contributed by atoms with Crippen LogP contribution in [0.25, 0.3) is 5.70 Å². The minimum absolute atomic E-state index is 0.130. The quantitative estimate of drug-likeness (QED) is 0.411. The van der Waals surface area contributed by atoms with Crippen LogP contribution in [0.2, 0.25) is 0 Å². The molecule has 7 heteroatoms. The van der Waals surface area contributed by atoms with Gasteiger partial charge in [-0.1, -0.05) is 90.1 Å². The van der Waals surface area contributed by atoms with Crippen LogP contribution in [0.4, 0.5) is 5.69 Å². The van der Waals surface area contributed by atoms with Crippen molar-refractivity contribution in [1.29, 1.82) is 0 Å². The zero-order valence-corrected chi connectivity index (χ0v) is 21.4. The van der Waals surface area contributed by atoms with Gasteiger partial charge in [0.2, 0.25) is 5.91 Å². The molecule has 0 saturated heterocycles. The average molecular weight is 500 g/mol. The van der Waals surface area contributed by atoms with Crippen molar-refractivity contribution in [1.82, 2.24) is 5.32 Å². The number of hydrogen-bond acceptors (Lipinski definition) is 6. The zero-order chi connectivity index (χ0) is 25.5. The molecular formula is C29H29N3O3S. The number of aliphatic imine (C=N–C) groups is 1. The van der Waals surface area contributed by atoms with Gasteiger partial charge in [0, 0.05) is 5.69 Å². The number of nitrogens with zero attached hydrogens (tertiary/aromatic N) is 1. The molecule has 0 bridgehead atoms. The molecule has 0 spiro atoms. The number of aryl methyl sites for hydroxylation is 2. The molecule has 1 amide bonds. The van der Waals surface area contributed by atoms with Gasteiger partial charge in [0.15, 0.2) is 5.17 Å². The normalized spacial score (nSPS) is 15.1. The summed E-state index contributed by atoms with van der Waals surface area (Å²) in [5.74, 6) is -0.385. The smallest absolute Gasteiger partial charge is 0.338 e. The molecule has 0 radical (unpaired) electrons. The Balaban J connectivity index is 1.63. The average Bonchev–Trinajstić information content (AvgIpc) is 2.89. The van der Waals surface area contributed by atoms with E-state index in [2.05, 4.69) is 10.6 Å². The summed E-state index contributed by atoms with van der Waals surface area (Å²) in [5, 5.41) is 6.85. The molecule has 1 aliphatic rings. The van der Waals surface area contributed by atoms with Crippen LogP contribution < -0.4 is 10.6 Å². The second-order valence-electron chi connectivity index (χ2n) is 8.40. The van der Waals surface area contributed by atoms with E-state index >= 15 is 0 Å². The molecule has 0 unspecified atom stereocenters. The summed E-state index contributed by atoms with van der Waals surface area (Å²) in [4.78, 5) is 30.7. The van der Waals surface area contributed by atoms with Gasteiger partial charge in [0.25, 0.3) is 0 Å². The Morgan fingerprint density at radius 3 is 2.36 bits per heavy atom. The van der Waals surface area contributed by atoms with Gasteiger partial charge in [-0.05, 0) is 43.5 Å². The van der Waals surface area contributed by atoms with Gasteiger partial charge >= 0.3 is 5.97 Å². The van der Waals surface area contributed by atoms with Crippen molar-refractivity contribution in [3.8, 4) is 0 Å². The molecule has 6 nitrogen and oxygen atoms in total. The standard InChI is InChI=1S/C29H29N3O3S/c1-4-35-28(34)25-26(21-11-7-5-8-12-21)31-29(32-27(25)22-13-9-6-10-14-22)36-18-24(33)30-23-16-15-19(2)17-20(23)3/h5-17,26H,4,18H2,1-3H3,(H,30,33)(H,31,32)/t26-/m1/s1. The molecular weight excluding hydrogens is 470 g/mol. The van der Waals surface area contributed by atoms with Crippen LogP contribution in [0.1, 0.15) is 35.2 Å². The first kappa shape index (κ1) is 25.3. The number of amidine groups is 1. The Morgan fingerprint density at radius 1 is 1.00 bits per heavy atom. The number of carbonyl (C=O) groups excluding carboxylic acids is 2. The van der Waals surface area contributed by atoms with Gasteiger partial charge in [-0.25, -0.2) is 9.79 Å². The molecule has 1 aliphatic heterocycles. The van der Waals surface area contributed by atoms with Gasteiger partial charge in [0.05, 0.1) is 23.6 Å². The van der Waals surface area contributed by atoms with E-state index in [0.717, 1.165) is 27.9 Å². The van der Waals surface area contributed by atoms with E-state index in [4.69, 9.17) is 9.73 Å². The molecule has 3 aromatic carbocycles. The second-order valence-corrected chi connectivity index (χ2v) is 9.37. The number of amides is 1. The number of thioether (sulfide) groups is 1. The molecule has 0 aliphatic carbocycles. The topological polar surface area (TPSA) is 79.8 Å². The largest absolute Gasteiger partial charge is 0.463 e. The van der Waals surface area contributed by atoms with E-state index < -0.39 is 12.0 Å². The molecule has 0 fully saturated rings. The molecule has 0 saturated carbocycles. The predicted octanol–water partition coefficient (Wildman–Crippen LogP) is 5.65. The van der Waals surface area contributed by atoms with Crippen LogP contribution >= 0.6 is 11.8 Å². The number of anilines is 1. The maximum absolute atomic E-state index is 13.1. The maximum atomic E-state index is 13.1. The van der Waals surface area contributed by atoms with Gasteiger partial charge in [-0.3, -0.25) is 4.79 Å². The Morgan fingerprint density at radius 2 is 1.69 bits per heavy atom. The van der Waals surface area contributed by atoms with E-state index in [1.807, 2.05) is 92.7 Å². The van der Waals surface area contributed by atoms with Crippen LogP contribution in [0, 0.1) is 13.8 Å². The van der Waals surface area contributed by atoms with Crippen molar-refractivity contribution >= 4 is 40.2 Å². The molecule has 1 heterocycles. The van der Waals surface area contributed by atoms with Crippen molar-refractivity contribution in [3.05, 3.63) is 107 Å². The highest BCUT2D eigenvalue weighted by molar-refractivity contribution is 8.14. The maximum Gasteiger partial charge on any atom is 0.338 e. The molecule has 0 aromatic heterocycles. The first-order chi connectivity index (χ1) is 17.5. The highest BCUT2D eigenvalue weighted by Crippen LogP contribution is 2.36. The van der Waals surface area contributed by atoms with Crippen molar-refractivity contribution in [2.45, 2.75) is 26.8 Å². The van der Waals surface area contributed by atoms with E-state index in [1.165, 1.54) is 11.8 Å². The van der Waals surface area contributed by atoms with E-state index in [-0.39, 0.29) is 18.3 Å². The highest BCUT2D eigenvalue weighted by Gasteiger charge is 2.32. The summed E-state index contributed by atoms with van der Waals surface area (Å²) in [6, 6.07) is 24.6. The number of hydrogen-bond donors (Lipinski definition) is 2. The van der Waals surface area contributed by atoms with E-state index in [9.17, 15) is 9.59 Å². The Labute approximate surface area is 215 Å². The number of carbonyl (C=O) groups is 2. The summed E-state index contributed by atoms with van der Waals surface area (Å²) in [6.07, 6.45) is 0. The van der Waals surface area contributed by atoms with Crippen molar-refractivity contribution < 1.29 is 14.3 Å². The molecule has 3 aromatic rings. The second kappa shape index (κ2) is 11.7. The van der Waals surface area contributed by atoms with Crippen LogP contribution in [-0.4, -0.2) is 29.4 Å². The SMILES string of the molecule is CCOC(=O)C1=C(c2ccccc2)NC(SCC(=O)Nc2ccc(C)cc2C)=N[C@@H]1c1ccccc1. The van der Waals surface area contributed by atoms with Gasteiger partial charge in [-0.2, -0.15) is 0 Å². The Hall–Kier alpha value is -3.84. The minimum atomic E-state index is -0.563. The fraction of sp³-hybridized carbons (Fsp3) is 0.207. The lowest BCUT2D eigenvalue weighted by Crippen LogP contribution is -2.31. The molecule has 4 rings (SSSR count). The lowest BCUT2D eigenvalue weighted by molar-refractivity contribution is -0.138. The molecule has 36 heavy (non-hydrogen) atoms. The van der Waals surface area contributed by atoms with E-state index in [0.29, 0.717) is 16.4 Å². The first-order valence-corrected chi connectivity index (χ1v) is 12.8.